The quantitative estimate of drug-likeness (QED) is 0.828. The van der Waals surface area contributed by atoms with E-state index in [9.17, 15) is 9.59 Å². The smallest absolute Gasteiger partial charge is 0.328 e. The molecule has 1 amide bonds. The first-order valence-electron chi connectivity index (χ1n) is 6.49. The Morgan fingerprint density at radius 3 is 2.81 bits per heavy atom. The van der Waals surface area contributed by atoms with E-state index in [-0.39, 0.29) is 5.91 Å². The Morgan fingerprint density at radius 2 is 2.10 bits per heavy atom. The number of carboxylic acid groups (broad SMARTS) is 1. The number of hydrogen-bond donors (Lipinski definition) is 2. The van der Waals surface area contributed by atoms with Crippen molar-refractivity contribution in [2.24, 2.45) is 0 Å². The maximum atomic E-state index is 12.2. The third-order valence-corrected chi connectivity index (χ3v) is 3.82. The zero-order chi connectivity index (χ0) is 15.2. The summed E-state index contributed by atoms with van der Waals surface area (Å²) in [6.45, 7) is 2.03. The molecule has 0 aliphatic heterocycles. The summed E-state index contributed by atoms with van der Waals surface area (Å²) in [5.41, 5.74) is 2.40. The van der Waals surface area contributed by atoms with Crippen molar-refractivity contribution < 1.29 is 14.7 Å². The lowest BCUT2D eigenvalue weighted by atomic mass is 10.1. The molecule has 0 fully saturated rings. The topological polar surface area (TPSA) is 66.4 Å². The predicted molar refractivity (Wildman–Crippen MR) is 84.8 cm³/mol. The van der Waals surface area contributed by atoms with Crippen LogP contribution in [0.2, 0.25) is 0 Å². The molecule has 0 aliphatic rings. The number of carbonyl (C=O) groups is 2. The molecule has 1 aromatic heterocycles. The zero-order valence-electron chi connectivity index (χ0n) is 11.5. The highest BCUT2D eigenvalue weighted by atomic mass is 32.1. The second kappa shape index (κ2) is 6.85. The molecule has 1 aromatic carbocycles. The third-order valence-electron chi connectivity index (χ3n) is 2.92. The van der Waals surface area contributed by atoms with Gasteiger partial charge in [0.25, 0.3) is 5.91 Å². The number of thiophene rings is 1. The molecule has 1 heterocycles. The van der Waals surface area contributed by atoms with Gasteiger partial charge in [0, 0.05) is 22.0 Å². The number of rotatable bonds is 5. The lowest BCUT2D eigenvalue weighted by molar-refractivity contribution is -0.131. The highest BCUT2D eigenvalue weighted by Crippen LogP contribution is 2.20. The van der Waals surface area contributed by atoms with Crippen LogP contribution in [0.1, 0.15) is 27.7 Å². The van der Waals surface area contributed by atoms with E-state index in [0.29, 0.717) is 5.56 Å². The Bertz CT molecular complexity index is 688. The zero-order valence-corrected chi connectivity index (χ0v) is 12.3. The first-order valence-corrected chi connectivity index (χ1v) is 7.37. The first-order chi connectivity index (χ1) is 10.1. The van der Waals surface area contributed by atoms with Crippen LogP contribution in [0.5, 0.6) is 0 Å². The average Bonchev–Trinajstić information content (AvgIpc) is 2.94. The first kappa shape index (κ1) is 15.0. The van der Waals surface area contributed by atoms with Gasteiger partial charge >= 0.3 is 5.97 Å². The fraction of sp³-hybridized carbons (Fsp3) is 0.125. The van der Waals surface area contributed by atoms with E-state index in [1.807, 2.05) is 31.2 Å². The molecule has 0 radical (unpaired) electrons. The largest absolute Gasteiger partial charge is 0.478 e. The number of nitrogens with one attached hydrogen (secondary N) is 1. The summed E-state index contributed by atoms with van der Waals surface area (Å²) in [5, 5.41) is 13.2. The van der Waals surface area contributed by atoms with Crippen molar-refractivity contribution in [1.82, 2.24) is 0 Å². The SMILES string of the molecule is CCc1ccccc1NC(=O)c1csc(C=CC(=O)O)c1. The highest BCUT2D eigenvalue weighted by Gasteiger charge is 2.10. The summed E-state index contributed by atoms with van der Waals surface area (Å²) in [7, 11) is 0. The lowest BCUT2D eigenvalue weighted by Gasteiger charge is -2.08. The Hall–Kier alpha value is -2.40. The number of carboxylic acids is 1. The van der Waals surface area contributed by atoms with Crippen LogP contribution >= 0.6 is 11.3 Å². The van der Waals surface area contributed by atoms with Gasteiger partial charge in [0.1, 0.15) is 0 Å². The van der Waals surface area contributed by atoms with E-state index in [0.717, 1.165) is 28.6 Å². The Labute approximate surface area is 126 Å². The molecule has 0 saturated carbocycles. The van der Waals surface area contributed by atoms with Crippen molar-refractivity contribution in [3.05, 3.63) is 57.8 Å². The predicted octanol–water partition coefficient (Wildman–Crippen LogP) is 3.66. The van der Waals surface area contributed by atoms with Gasteiger partial charge in [0.05, 0.1) is 5.56 Å². The van der Waals surface area contributed by atoms with Crippen LogP contribution in [0.4, 0.5) is 5.69 Å². The Balaban J connectivity index is 2.12. The van der Waals surface area contributed by atoms with Crippen LogP contribution in [0.3, 0.4) is 0 Å². The van der Waals surface area contributed by atoms with Crippen molar-refractivity contribution in [2.75, 3.05) is 5.32 Å². The Kier molecular flexibility index (Phi) is 4.90. The number of carbonyl (C=O) groups excluding carboxylic acids is 1. The molecule has 2 rings (SSSR count). The van der Waals surface area contributed by atoms with Gasteiger partial charge in [-0.05, 0) is 30.2 Å². The highest BCUT2D eigenvalue weighted by molar-refractivity contribution is 7.11. The summed E-state index contributed by atoms with van der Waals surface area (Å²) in [6.07, 6.45) is 3.37. The van der Waals surface area contributed by atoms with Crippen LogP contribution in [-0.2, 0) is 11.2 Å². The molecule has 0 atom stereocenters. The molecule has 0 spiro atoms. The summed E-state index contributed by atoms with van der Waals surface area (Å²) < 4.78 is 0. The van der Waals surface area contributed by atoms with Gasteiger partial charge in [-0.15, -0.1) is 11.3 Å². The average molecular weight is 301 g/mol. The molecule has 2 aromatic rings. The van der Waals surface area contributed by atoms with Crippen LogP contribution < -0.4 is 5.32 Å². The fourth-order valence-corrected chi connectivity index (χ4v) is 2.64. The van der Waals surface area contributed by atoms with Crippen molar-refractivity contribution in [2.45, 2.75) is 13.3 Å². The molecular formula is C16H15NO3S. The van der Waals surface area contributed by atoms with Gasteiger partial charge in [-0.25, -0.2) is 4.79 Å². The number of anilines is 1. The molecule has 2 N–H and O–H groups in total. The third kappa shape index (κ3) is 4.03. The van der Waals surface area contributed by atoms with Gasteiger partial charge in [0.15, 0.2) is 0 Å². The molecular weight excluding hydrogens is 286 g/mol. The minimum atomic E-state index is -1.01. The molecule has 5 heteroatoms. The van der Waals surface area contributed by atoms with Crippen molar-refractivity contribution in [3.63, 3.8) is 0 Å². The second-order valence-electron chi connectivity index (χ2n) is 4.37. The van der Waals surface area contributed by atoms with Crippen molar-refractivity contribution >= 4 is 35.0 Å². The fourth-order valence-electron chi connectivity index (χ4n) is 1.86. The van der Waals surface area contributed by atoms with E-state index in [1.54, 1.807) is 11.4 Å². The monoisotopic (exact) mass is 301 g/mol. The maximum Gasteiger partial charge on any atom is 0.328 e. The van der Waals surface area contributed by atoms with Crippen molar-refractivity contribution in [3.8, 4) is 0 Å². The minimum Gasteiger partial charge on any atom is -0.478 e. The van der Waals surface area contributed by atoms with Crippen LogP contribution in [0, 0.1) is 0 Å². The van der Waals surface area contributed by atoms with Crippen LogP contribution in [-0.4, -0.2) is 17.0 Å². The Morgan fingerprint density at radius 1 is 1.33 bits per heavy atom. The molecule has 21 heavy (non-hydrogen) atoms. The van der Waals surface area contributed by atoms with E-state index in [1.165, 1.54) is 17.4 Å². The minimum absolute atomic E-state index is 0.192. The number of hydrogen-bond acceptors (Lipinski definition) is 3. The van der Waals surface area contributed by atoms with Gasteiger partial charge in [0.2, 0.25) is 0 Å². The maximum absolute atomic E-state index is 12.2. The van der Waals surface area contributed by atoms with E-state index in [4.69, 9.17) is 5.11 Å². The molecule has 4 nitrogen and oxygen atoms in total. The van der Waals surface area contributed by atoms with E-state index >= 15 is 0 Å². The number of benzene rings is 1. The summed E-state index contributed by atoms with van der Waals surface area (Å²) >= 11 is 1.33. The number of aryl methyl sites for hydroxylation is 1. The molecule has 0 bridgehead atoms. The number of amides is 1. The summed E-state index contributed by atoms with van der Waals surface area (Å²) in [5.74, 6) is -1.20. The molecule has 0 unspecified atom stereocenters. The standard InChI is InChI=1S/C16H15NO3S/c1-2-11-5-3-4-6-14(11)17-16(20)12-9-13(21-10-12)7-8-15(18)19/h3-10H,2H2,1H3,(H,17,20)(H,18,19). The van der Waals surface area contributed by atoms with Gasteiger partial charge < -0.3 is 10.4 Å². The van der Waals surface area contributed by atoms with Gasteiger partial charge in [-0.1, -0.05) is 25.1 Å². The van der Waals surface area contributed by atoms with E-state index < -0.39 is 5.97 Å². The number of aliphatic carboxylic acids is 1. The second-order valence-corrected chi connectivity index (χ2v) is 5.32. The normalized spacial score (nSPS) is 10.7. The van der Waals surface area contributed by atoms with E-state index in [2.05, 4.69) is 5.32 Å². The number of para-hydroxylation sites is 1. The van der Waals surface area contributed by atoms with Gasteiger partial charge in [-0.2, -0.15) is 0 Å². The van der Waals surface area contributed by atoms with Crippen LogP contribution in [0.25, 0.3) is 6.08 Å². The van der Waals surface area contributed by atoms with Gasteiger partial charge in [-0.3, -0.25) is 4.79 Å². The molecule has 108 valence electrons. The molecule has 0 saturated heterocycles. The lowest BCUT2D eigenvalue weighted by Crippen LogP contribution is -2.12. The summed E-state index contributed by atoms with van der Waals surface area (Å²) in [6, 6.07) is 9.34. The van der Waals surface area contributed by atoms with Crippen molar-refractivity contribution in [1.29, 1.82) is 0 Å². The molecule has 0 aliphatic carbocycles. The summed E-state index contributed by atoms with van der Waals surface area (Å²) in [4.78, 5) is 23.4. The van der Waals surface area contributed by atoms with Crippen LogP contribution in [0.15, 0.2) is 41.8 Å².